The molecule has 2 unspecified atom stereocenters. The highest BCUT2D eigenvalue weighted by molar-refractivity contribution is 5.68. The molecule has 0 spiro atoms. The number of halogens is 1. The van der Waals surface area contributed by atoms with E-state index in [1.165, 1.54) is 11.7 Å². The number of carbonyl (C=O) groups excluding carboxylic acids is 1. The van der Waals surface area contributed by atoms with E-state index in [-0.39, 0.29) is 30.3 Å². The molecule has 1 aliphatic rings. The Labute approximate surface area is 145 Å². The Morgan fingerprint density at radius 1 is 1.48 bits per heavy atom. The maximum absolute atomic E-state index is 15.6. The predicted molar refractivity (Wildman–Crippen MR) is 88.9 cm³/mol. The number of rotatable bonds is 3. The molecule has 2 rings (SSSR count). The van der Waals surface area contributed by atoms with Crippen LogP contribution in [0.15, 0.2) is 6.20 Å². The van der Waals surface area contributed by atoms with Crippen molar-refractivity contribution in [3.63, 3.8) is 0 Å². The number of carbonyl (C=O) groups is 1. The van der Waals surface area contributed by atoms with Gasteiger partial charge < -0.3 is 10.1 Å². The van der Waals surface area contributed by atoms with Gasteiger partial charge in [-0.2, -0.15) is 5.10 Å². The van der Waals surface area contributed by atoms with Crippen LogP contribution in [0.2, 0.25) is 0 Å². The standard InChI is InChI=1S/C16H25FN4O4/c1-15(2,3)25-14(22)19-11-6-5-8-16(17,9-7-11)13-12(21(23)24)10-18-20(13)4/h10-11H,5-9H2,1-4H3,(H,19,22). The minimum absolute atomic E-state index is 0.00424. The average Bonchev–Trinajstić information content (AvgIpc) is 2.76. The van der Waals surface area contributed by atoms with Crippen molar-refractivity contribution >= 4 is 11.8 Å². The molecule has 9 heteroatoms. The number of aryl methyl sites for hydroxylation is 1. The van der Waals surface area contributed by atoms with E-state index in [0.717, 1.165) is 6.20 Å². The molecule has 1 fully saturated rings. The summed E-state index contributed by atoms with van der Waals surface area (Å²) in [7, 11) is 1.50. The van der Waals surface area contributed by atoms with E-state index in [2.05, 4.69) is 10.4 Å². The summed E-state index contributed by atoms with van der Waals surface area (Å²) in [6.07, 6.45) is 2.25. The number of amides is 1. The monoisotopic (exact) mass is 356 g/mol. The molecule has 0 aromatic carbocycles. The molecule has 1 aromatic rings. The Hall–Kier alpha value is -2.19. The van der Waals surface area contributed by atoms with Crippen LogP contribution in [0.1, 0.15) is 58.6 Å². The van der Waals surface area contributed by atoms with Crippen LogP contribution in [0, 0.1) is 10.1 Å². The fraction of sp³-hybridized carbons (Fsp3) is 0.750. The second-order valence-corrected chi connectivity index (χ2v) is 7.50. The number of aromatic nitrogens is 2. The number of hydrogen-bond donors (Lipinski definition) is 1. The van der Waals surface area contributed by atoms with Crippen LogP contribution >= 0.6 is 0 Å². The number of alkyl halides is 1. The molecule has 2 atom stereocenters. The third-order valence-electron chi connectivity index (χ3n) is 4.28. The number of hydrogen-bond acceptors (Lipinski definition) is 5. The summed E-state index contributed by atoms with van der Waals surface area (Å²) in [5.41, 5.74) is -2.75. The molecule has 1 N–H and O–H groups in total. The SMILES string of the molecule is Cn1ncc([N+](=O)[O-])c1C1(F)CCCC(NC(=O)OC(C)(C)C)CC1. The van der Waals surface area contributed by atoms with Gasteiger partial charge in [0, 0.05) is 13.1 Å². The molecular formula is C16H25FN4O4. The lowest BCUT2D eigenvalue weighted by Gasteiger charge is -2.24. The number of nitro groups is 1. The lowest BCUT2D eigenvalue weighted by atomic mass is 9.91. The quantitative estimate of drug-likeness (QED) is 0.509. The van der Waals surface area contributed by atoms with Crippen LogP contribution in [0.25, 0.3) is 0 Å². The van der Waals surface area contributed by atoms with Crippen molar-refractivity contribution in [3.05, 3.63) is 22.0 Å². The minimum Gasteiger partial charge on any atom is -0.444 e. The van der Waals surface area contributed by atoms with Gasteiger partial charge >= 0.3 is 11.8 Å². The van der Waals surface area contributed by atoms with Crippen molar-refractivity contribution in [1.29, 1.82) is 0 Å². The average molecular weight is 356 g/mol. The molecule has 1 amide bonds. The highest BCUT2D eigenvalue weighted by atomic mass is 19.1. The van der Waals surface area contributed by atoms with Crippen molar-refractivity contribution in [1.82, 2.24) is 15.1 Å². The second kappa shape index (κ2) is 6.97. The highest BCUT2D eigenvalue weighted by Crippen LogP contribution is 2.43. The van der Waals surface area contributed by atoms with Crippen LogP contribution in [0.5, 0.6) is 0 Å². The van der Waals surface area contributed by atoms with Crippen LogP contribution in [0.4, 0.5) is 14.9 Å². The lowest BCUT2D eigenvalue weighted by Crippen LogP contribution is -2.39. The lowest BCUT2D eigenvalue weighted by molar-refractivity contribution is -0.386. The molecule has 0 aliphatic heterocycles. The Morgan fingerprint density at radius 3 is 2.76 bits per heavy atom. The largest absolute Gasteiger partial charge is 0.444 e. The van der Waals surface area contributed by atoms with Crippen molar-refractivity contribution in [2.75, 3.05) is 0 Å². The van der Waals surface area contributed by atoms with Crippen molar-refractivity contribution < 1.29 is 18.8 Å². The van der Waals surface area contributed by atoms with Gasteiger partial charge in [-0.3, -0.25) is 14.8 Å². The summed E-state index contributed by atoms with van der Waals surface area (Å²) in [6.45, 7) is 5.31. The van der Waals surface area contributed by atoms with Gasteiger partial charge in [0.15, 0.2) is 11.4 Å². The van der Waals surface area contributed by atoms with Gasteiger partial charge in [0.05, 0.1) is 4.92 Å². The Balaban J connectivity index is 2.09. The molecule has 1 saturated carbocycles. The zero-order chi connectivity index (χ0) is 18.8. The van der Waals surface area contributed by atoms with Gasteiger partial charge in [0.1, 0.15) is 11.8 Å². The number of ether oxygens (including phenoxy) is 1. The molecule has 140 valence electrons. The highest BCUT2D eigenvalue weighted by Gasteiger charge is 2.43. The first-order chi connectivity index (χ1) is 11.5. The van der Waals surface area contributed by atoms with Crippen molar-refractivity contribution in [2.45, 2.75) is 70.2 Å². The number of nitrogens with one attached hydrogen (secondary N) is 1. The number of nitrogens with zero attached hydrogens (tertiary/aromatic N) is 3. The van der Waals surface area contributed by atoms with Crippen LogP contribution < -0.4 is 5.32 Å². The van der Waals surface area contributed by atoms with E-state index < -0.39 is 22.3 Å². The fourth-order valence-corrected chi connectivity index (χ4v) is 3.24. The van der Waals surface area contributed by atoms with Gasteiger partial charge in [-0.25, -0.2) is 9.18 Å². The van der Waals surface area contributed by atoms with E-state index in [4.69, 9.17) is 4.74 Å². The molecule has 25 heavy (non-hydrogen) atoms. The van der Waals surface area contributed by atoms with E-state index in [0.29, 0.717) is 19.3 Å². The predicted octanol–water partition coefficient (Wildman–Crippen LogP) is 3.35. The van der Waals surface area contributed by atoms with Crippen molar-refractivity contribution in [3.8, 4) is 0 Å². The molecule has 1 aliphatic carbocycles. The normalized spacial score (nSPS) is 24.4. The van der Waals surface area contributed by atoms with E-state index in [1.54, 1.807) is 20.8 Å². The van der Waals surface area contributed by atoms with E-state index >= 15 is 4.39 Å². The molecular weight excluding hydrogens is 331 g/mol. The molecule has 0 bridgehead atoms. The second-order valence-electron chi connectivity index (χ2n) is 7.50. The third kappa shape index (κ3) is 4.67. The first-order valence-corrected chi connectivity index (χ1v) is 8.37. The number of alkyl carbamates (subject to hydrolysis) is 1. The first-order valence-electron chi connectivity index (χ1n) is 8.37. The molecule has 8 nitrogen and oxygen atoms in total. The smallest absolute Gasteiger partial charge is 0.407 e. The first kappa shape index (κ1) is 19.1. The van der Waals surface area contributed by atoms with Crippen LogP contribution in [-0.2, 0) is 17.5 Å². The summed E-state index contributed by atoms with van der Waals surface area (Å²) in [4.78, 5) is 22.5. The fourth-order valence-electron chi connectivity index (χ4n) is 3.24. The van der Waals surface area contributed by atoms with Gasteiger partial charge in [-0.1, -0.05) is 0 Å². The van der Waals surface area contributed by atoms with Gasteiger partial charge in [0.25, 0.3) is 0 Å². The van der Waals surface area contributed by atoms with Gasteiger partial charge in [-0.05, 0) is 52.9 Å². The topological polar surface area (TPSA) is 99.3 Å². The van der Waals surface area contributed by atoms with Crippen LogP contribution in [-0.4, -0.2) is 32.4 Å². The zero-order valence-corrected chi connectivity index (χ0v) is 15.0. The Bertz CT molecular complexity index is 655. The molecule has 1 aromatic heterocycles. The Morgan fingerprint density at radius 2 is 2.16 bits per heavy atom. The molecule has 0 radical (unpaired) electrons. The third-order valence-corrected chi connectivity index (χ3v) is 4.28. The summed E-state index contributed by atoms with van der Waals surface area (Å²) in [5.74, 6) is 0. The van der Waals surface area contributed by atoms with E-state index in [1.807, 2.05) is 0 Å². The van der Waals surface area contributed by atoms with Gasteiger partial charge in [-0.15, -0.1) is 0 Å². The zero-order valence-electron chi connectivity index (χ0n) is 15.0. The summed E-state index contributed by atoms with van der Waals surface area (Å²) >= 11 is 0. The molecule has 0 saturated heterocycles. The maximum atomic E-state index is 15.6. The summed E-state index contributed by atoms with van der Waals surface area (Å²) in [5, 5.41) is 17.8. The Kier molecular flexibility index (Phi) is 5.34. The van der Waals surface area contributed by atoms with Crippen molar-refractivity contribution in [2.24, 2.45) is 7.05 Å². The maximum Gasteiger partial charge on any atom is 0.407 e. The summed E-state index contributed by atoms with van der Waals surface area (Å²) in [6, 6.07) is -0.222. The van der Waals surface area contributed by atoms with Gasteiger partial charge in [0.2, 0.25) is 0 Å². The van der Waals surface area contributed by atoms with Crippen LogP contribution in [0.3, 0.4) is 0 Å². The minimum atomic E-state index is -1.84. The summed E-state index contributed by atoms with van der Waals surface area (Å²) < 4.78 is 22.0. The molecule has 1 heterocycles. The van der Waals surface area contributed by atoms with E-state index in [9.17, 15) is 14.9 Å².